The van der Waals surface area contributed by atoms with E-state index >= 15 is 0 Å². The fourth-order valence-corrected chi connectivity index (χ4v) is 3.14. The van der Waals surface area contributed by atoms with Crippen LogP contribution in [0.3, 0.4) is 0 Å². The summed E-state index contributed by atoms with van der Waals surface area (Å²) in [6.07, 6.45) is 2.39. The van der Waals surface area contributed by atoms with Crippen LogP contribution in [0.2, 0.25) is 0 Å². The highest BCUT2D eigenvalue weighted by molar-refractivity contribution is 6.13. The number of benzene rings is 2. The molecule has 0 saturated heterocycles. The minimum atomic E-state index is -0.427. The highest BCUT2D eigenvalue weighted by Crippen LogP contribution is 2.39. The van der Waals surface area contributed by atoms with Gasteiger partial charge in [-0.3, -0.25) is 14.9 Å². The van der Waals surface area contributed by atoms with Gasteiger partial charge in [0.15, 0.2) is 5.78 Å². The molecule has 0 aliphatic heterocycles. The summed E-state index contributed by atoms with van der Waals surface area (Å²) in [6, 6.07) is 14.0. The number of hydrogen-bond acceptors (Lipinski definition) is 3. The van der Waals surface area contributed by atoms with Gasteiger partial charge >= 0.3 is 0 Å². The van der Waals surface area contributed by atoms with Gasteiger partial charge in [-0.05, 0) is 29.0 Å². The van der Waals surface area contributed by atoms with E-state index < -0.39 is 4.92 Å². The van der Waals surface area contributed by atoms with Gasteiger partial charge in [-0.25, -0.2) is 0 Å². The maximum atomic E-state index is 12.7. The normalized spacial score (nSPS) is 17.8. The fourth-order valence-electron chi connectivity index (χ4n) is 3.14. The van der Waals surface area contributed by atoms with Gasteiger partial charge < -0.3 is 0 Å². The van der Waals surface area contributed by atoms with Crippen molar-refractivity contribution in [2.24, 2.45) is 0 Å². The van der Waals surface area contributed by atoms with E-state index in [0.29, 0.717) is 17.6 Å². The van der Waals surface area contributed by atoms with Gasteiger partial charge in [-0.1, -0.05) is 50.2 Å². The highest BCUT2D eigenvalue weighted by atomic mass is 16.6. The van der Waals surface area contributed by atoms with Crippen LogP contribution in [0, 0.1) is 10.1 Å². The van der Waals surface area contributed by atoms with Crippen LogP contribution in [0.5, 0.6) is 0 Å². The van der Waals surface area contributed by atoms with Crippen molar-refractivity contribution in [1.29, 1.82) is 0 Å². The number of Topliss-reactive ketones (excluding diaryl/α,β-unsaturated/α-hetero) is 1. The Labute approximate surface area is 134 Å². The number of nitrogens with zero attached hydrogens (tertiary/aromatic N) is 1. The van der Waals surface area contributed by atoms with Crippen molar-refractivity contribution in [1.82, 2.24) is 0 Å². The third-order valence-corrected chi connectivity index (χ3v) is 4.25. The summed E-state index contributed by atoms with van der Waals surface area (Å²) in [5, 5.41) is 10.9. The molecule has 0 aromatic heterocycles. The lowest BCUT2D eigenvalue weighted by molar-refractivity contribution is -0.384. The zero-order valence-corrected chi connectivity index (χ0v) is 13.1. The van der Waals surface area contributed by atoms with Crippen molar-refractivity contribution in [2.45, 2.75) is 25.7 Å². The van der Waals surface area contributed by atoms with Crippen molar-refractivity contribution < 1.29 is 9.72 Å². The predicted molar refractivity (Wildman–Crippen MR) is 89.5 cm³/mol. The summed E-state index contributed by atoms with van der Waals surface area (Å²) < 4.78 is 0. The number of nitro groups is 1. The number of carbonyl (C=O) groups is 1. The Balaban J connectivity index is 2.06. The minimum Gasteiger partial charge on any atom is -0.289 e. The molecule has 1 aliphatic carbocycles. The van der Waals surface area contributed by atoms with Crippen molar-refractivity contribution in [2.75, 3.05) is 0 Å². The molecule has 0 fully saturated rings. The first-order valence-corrected chi connectivity index (χ1v) is 7.48. The van der Waals surface area contributed by atoms with Crippen LogP contribution in [0.25, 0.3) is 6.08 Å². The quantitative estimate of drug-likeness (QED) is 0.465. The maximum Gasteiger partial charge on any atom is 0.270 e. The van der Waals surface area contributed by atoms with Crippen LogP contribution in [0.1, 0.15) is 41.8 Å². The molecule has 0 radical (unpaired) electrons. The van der Waals surface area contributed by atoms with Crippen LogP contribution < -0.4 is 0 Å². The number of non-ortho nitro benzene ring substituents is 1. The van der Waals surface area contributed by atoms with Gasteiger partial charge in [0.2, 0.25) is 0 Å². The molecule has 23 heavy (non-hydrogen) atoms. The largest absolute Gasteiger partial charge is 0.289 e. The van der Waals surface area contributed by atoms with Gasteiger partial charge in [0.1, 0.15) is 0 Å². The standard InChI is InChI=1S/C19H17NO3/c1-19(2)12-14(18(21)16-8-3-4-9-17(16)19)10-13-6-5-7-15(11-13)20(22)23/h3-11H,12H2,1-2H3. The summed E-state index contributed by atoms with van der Waals surface area (Å²) >= 11 is 0. The van der Waals surface area contributed by atoms with Crippen LogP contribution in [-0.4, -0.2) is 10.7 Å². The summed E-state index contributed by atoms with van der Waals surface area (Å²) in [4.78, 5) is 23.2. The number of rotatable bonds is 2. The zero-order valence-electron chi connectivity index (χ0n) is 13.1. The van der Waals surface area contributed by atoms with E-state index in [-0.39, 0.29) is 16.9 Å². The Bertz CT molecular complexity index is 834. The van der Waals surface area contributed by atoms with Gasteiger partial charge in [0.25, 0.3) is 5.69 Å². The third-order valence-electron chi connectivity index (χ3n) is 4.25. The first-order valence-electron chi connectivity index (χ1n) is 7.48. The summed E-state index contributed by atoms with van der Waals surface area (Å²) in [7, 11) is 0. The monoisotopic (exact) mass is 307 g/mol. The highest BCUT2D eigenvalue weighted by Gasteiger charge is 2.34. The second kappa shape index (κ2) is 5.47. The second-order valence-corrected chi connectivity index (χ2v) is 6.46. The average Bonchev–Trinajstić information content (AvgIpc) is 2.52. The molecule has 0 spiro atoms. The molecule has 4 nitrogen and oxygen atoms in total. The second-order valence-electron chi connectivity index (χ2n) is 6.46. The summed E-state index contributed by atoms with van der Waals surface area (Å²) in [6.45, 7) is 4.22. The number of allylic oxidation sites excluding steroid dienone is 1. The molecule has 0 amide bonds. The van der Waals surface area contributed by atoms with E-state index in [0.717, 1.165) is 11.1 Å². The molecule has 0 unspecified atom stereocenters. The Kier molecular flexibility index (Phi) is 3.60. The Morgan fingerprint density at radius 1 is 1.13 bits per heavy atom. The number of ketones is 1. The molecule has 116 valence electrons. The van der Waals surface area contributed by atoms with Gasteiger partial charge in [0, 0.05) is 23.3 Å². The zero-order chi connectivity index (χ0) is 16.6. The molecule has 3 rings (SSSR count). The third kappa shape index (κ3) is 2.80. The first kappa shape index (κ1) is 15.2. The van der Waals surface area contributed by atoms with Crippen molar-refractivity contribution >= 4 is 17.5 Å². The van der Waals surface area contributed by atoms with Gasteiger partial charge in [-0.15, -0.1) is 0 Å². The van der Waals surface area contributed by atoms with Crippen molar-refractivity contribution in [3.8, 4) is 0 Å². The lowest BCUT2D eigenvalue weighted by Gasteiger charge is -2.33. The SMILES string of the molecule is CC1(C)CC(=Cc2cccc([N+](=O)[O-])c2)C(=O)c2ccccc21. The van der Waals surface area contributed by atoms with E-state index in [1.165, 1.54) is 12.1 Å². The lowest BCUT2D eigenvalue weighted by Crippen LogP contribution is -2.29. The summed E-state index contributed by atoms with van der Waals surface area (Å²) in [5.41, 5.74) is 3.03. The lowest BCUT2D eigenvalue weighted by atomic mass is 9.70. The molecule has 2 aromatic carbocycles. The molecule has 0 bridgehead atoms. The van der Waals surface area contributed by atoms with E-state index in [1.54, 1.807) is 18.2 Å². The van der Waals surface area contributed by atoms with Crippen LogP contribution >= 0.6 is 0 Å². The number of carbonyl (C=O) groups excluding carboxylic acids is 1. The number of fused-ring (bicyclic) bond motifs is 1. The van der Waals surface area contributed by atoms with Crippen LogP contribution in [0.15, 0.2) is 54.1 Å². The van der Waals surface area contributed by atoms with E-state index in [4.69, 9.17) is 0 Å². The predicted octanol–water partition coefficient (Wildman–Crippen LogP) is 4.54. The maximum absolute atomic E-state index is 12.7. The fraction of sp³-hybridized carbons (Fsp3) is 0.211. The first-order chi connectivity index (χ1) is 10.9. The van der Waals surface area contributed by atoms with E-state index in [2.05, 4.69) is 13.8 Å². The van der Waals surface area contributed by atoms with Gasteiger partial charge in [-0.2, -0.15) is 0 Å². The minimum absolute atomic E-state index is 0.00595. The molecule has 1 aliphatic rings. The van der Waals surface area contributed by atoms with E-state index in [9.17, 15) is 14.9 Å². The molecular weight excluding hydrogens is 290 g/mol. The Morgan fingerprint density at radius 3 is 2.61 bits per heavy atom. The molecule has 0 atom stereocenters. The Hall–Kier alpha value is -2.75. The molecule has 4 heteroatoms. The van der Waals surface area contributed by atoms with Crippen molar-refractivity contribution in [3.05, 3.63) is 80.9 Å². The smallest absolute Gasteiger partial charge is 0.270 e. The van der Waals surface area contributed by atoms with Crippen molar-refractivity contribution in [3.63, 3.8) is 0 Å². The molecule has 2 aromatic rings. The topological polar surface area (TPSA) is 60.2 Å². The van der Waals surface area contributed by atoms with Crippen LogP contribution in [-0.2, 0) is 5.41 Å². The number of hydrogen-bond donors (Lipinski definition) is 0. The molecule has 0 heterocycles. The average molecular weight is 307 g/mol. The van der Waals surface area contributed by atoms with Gasteiger partial charge in [0.05, 0.1) is 4.92 Å². The number of nitro benzene ring substituents is 1. The molecular formula is C19H17NO3. The molecule has 0 saturated carbocycles. The van der Waals surface area contributed by atoms with E-state index in [1.807, 2.05) is 24.3 Å². The molecule has 0 N–H and O–H groups in total. The Morgan fingerprint density at radius 2 is 1.87 bits per heavy atom. The summed E-state index contributed by atoms with van der Waals surface area (Å²) in [5.74, 6) is 0.00595. The van der Waals surface area contributed by atoms with Crippen LogP contribution in [0.4, 0.5) is 5.69 Å².